The predicted octanol–water partition coefficient (Wildman–Crippen LogP) is 3.83. The number of halogens is 3. The van der Waals surface area contributed by atoms with Crippen LogP contribution in [-0.4, -0.2) is 23.3 Å². The van der Waals surface area contributed by atoms with Gasteiger partial charge in [-0.05, 0) is 43.3 Å². The van der Waals surface area contributed by atoms with E-state index >= 15 is 0 Å². The summed E-state index contributed by atoms with van der Waals surface area (Å²) in [6.45, 7) is 1.98. The standard InChI is InChI=1S/C20H16F3N3O2S/c1-11-17(29-20(25-11)12-2-4-13(21)5-3-12)8-9-24-18(27)19(28)26-16-10-14(22)6-7-15(16)23/h2-7,10H,8-9H2,1H3,(H,24,27)(H,26,28). The molecule has 0 aliphatic carbocycles. The second-order valence-electron chi connectivity index (χ2n) is 6.12. The molecule has 0 aliphatic rings. The van der Waals surface area contributed by atoms with Crippen molar-refractivity contribution in [3.05, 3.63) is 70.5 Å². The molecular formula is C20H16F3N3O2S. The number of rotatable bonds is 5. The number of aryl methyl sites for hydroxylation is 1. The Morgan fingerprint density at radius 3 is 2.41 bits per heavy atom. The number of benzene rings is 2. The molecule has 0 saturated carbocycles. The van der Waals surface area contributed by atoms with Crippen LogP contribution < -0.4 is 10.6 Å². The van der Waals surface area contributed by atoms with Crippen LogP contribution in [0.25, 0.3) is 10.6 Å². The van der Waals surface area contributed by atoms with Crippen molar-refractivity contribution < 1.29 is 22.8 Å². The first-order chi connectivity index (χ1) is 13.8. The molecule has 0 unspecified atom stereocenters. The Labute approximate surface area is 168 Å². The van der Waals surface area contributed by atoms with Crippen LogP contribution in [0.2, 0.25) is 0 Å². The first-order valence-corrected chi connectivity index (χ1v) is 9.41. The van der Waals surface area contributed by atoms with Crippen LogP contribution in [-0.2, 0) is 16.0 Å². The summed E-state index contributed by atoms with van der Waals surface area (Å²) >= 11 is 1.41. The van der Waals surface area contributed by atoms with E-state index in [1.165, 1.54) is 23.5 Å². The summed E-state index contributed by atoms with van der Waals surface area (Å²) in [6.07, 6.45) is 0.429. The normalized spacial score (nSPS) is 10.6. The zero-order chi connectivity index (χ0) is 21.0. The molecule has 3 aromatic rings. The fourth-order valence-corrected chi connectivity index (χ4v) is 3.59. The molecule has 0 bridgehead atoms. The van der Waals surface area contributed by atoms with Crippen molar-refractivity contribution in [1.82, 2.24) is 10.3 Å². The van der Waals surface area contributed by atoms with Crippen molar-refractivity contribution in [3.8, 4) is 10.6 Å². The van der Waals surface area contributed by atoms with Crippen LogP contribution in [0.3, 0.4) is 0 Å². The molecule has 0 fully saturated rings. The topological polar surface area (TPSA) is 71.1 Å². The van der Waals surface area contributed by atoms with Crippen LogP contribution in [0, 0.1) is 24.4 Å². The Balaban J connectivity index is 1.55. The second kappa shape index (κ2) is 8.87. The quantitative estimate of drug-likeness (QED) is 0.618. The fourth-order valence-electron chi connectivity index (χ4n) is 2.52. The zero-order valence-corrected chi connectivity index (χ0v) is 16.1. The average molecular weight is 419 g/mol. The van der Waals surface area contributed by atoms with E-state index in [0.717, 1.165) is 39.3 Å². The highest BCUT2D eigenvalue weighted by Crippen LogP contribution is 2.28. The van der Waals surface area contributed by atoms with Crippen LogP contribution >= 0.6 is 11.3 Å². The van der Waals surface area contributed by atoms with Crippen molar-refractivity contribution in [2.24, 2.45) is 0 Å². The number of amides is 2. The van der Waals surface area contributed by atoms with Gasteiger partial charge in [0.1, 0.15) is 22.5 Å². The van der Waals surface area contributed by atoms with Gasteiger partial charge in [-0.3, -0.25) is 9.59 Å². The molecule has 29 heavy (non-hydrogen) atoms. The highest BCUT2D eigenvalue weighted by molar-refractivity contribution is 7.15. The van der Waals surface area contributed by atoms with E-state index in [9.17, 15) is 22.8 Å². The lowest BCUT2D eigenvalue weighted by Crippen LogP contribution is -2.36. The maximum Gasteiger partial charge on any atom is 0.313 e. The van der Waals surface area contributed by atoms with E-state index in [4.69, 9.17) is 0 Å². The number of anilines is 1. The van der Waals surface area contributed by atoms with Crippen molar-refractivity contribution in [2.75, 3.05) is 11.9 Å². The number of carbonyl (C=O) groups is 2. The van der Waals surface area contributed by atoms with E-state index in [0.29, 0.717) is 6.42 Å². The van der Waals surface area contributed by atoms with Gasteiger partial charge in [0.05, 0.1) is 11.4 Å². The Morgan fingerprint density at radius 1 is 1.00 bits per heavy atom. The van der Waals surface area contributed by atoms with Crippen molar-refractivity contribution >= 4 is 28.8 Å². The van der Waals surface area contributed by atoms with E-state index in [2.05, 4.69) is 10.3 Å². The Hall–Kier alpha value is -3.20. The number of aromatic nitrogens is 1. The van der Waals surface area contributed by atoms with E-state index in [1.54, 1.807) is 12.1 Å². The van der Waals surface area contributed by atoms with Crippen molar-refractivity contribution in [3.63, 3.8) is 0 Å². The van der Waals surface area contributed by atoms with Gasteiger partial charge in [-0.15, -0.1) is 11.3 Å². The molecule has 9 heteroatoms. The van der Waals surface area contributed by atoms with Crippen LogP contribution in [0.5, 0.6) is 0 Å². The number of nitrogens with zero attached hydrogens (tertiary/aromatic N) is 1. The molecule has 150 valence electrons. The van der Waals surface area contributed by atoms with Gasteiger partial charge < -0.3 is 10.6 Å². The summed E-state index contributed by atoms with van der Waals surface area (Å²) in [7, 11) is 0. The van der Waals surface area contributed by atoms with Gasteiger partial charge in [0.2, 0.25) is 0 Å². The zero-order valence-electron chi connectivity index (χ0n) is 15.3. The molecule has 5 nitrogen and oxygen atoms in total. The number of nitrogens with one attached hydrogen (secondary N) is 2. The van der Waals surface area contributed by atoms with E-state index < -0.39 is 29.1 Å². The molecule has 0 spiro atoms. The fraction of sp³-hybridized carbons (Fsp3) is 0.150. The van der Waals surface area contributed by atoms with Gasteiger partial charge in [-0.25, -0.2) is 18.2 Å². The lowest BCUT2D eigenvalue weighted by Gasteiger charge is -2.07. The molecule has 0 saturated heterocycles. The molecule has 0 atom stereocenters. The lowest BCUT2D eigenvalue weighted by molar-refractivity contribution is -0.136. The monoisotopic (exact) mass is 419 g/mol. The first kappa shape index (κ1) is 20.5. The molecule has 2 N–H and O–H groups in total. The molecule has 3 rings (SSSR count). The highest BCUT2D eigenvalue weighted by Gasteiger charge is 2.16. The summed E-state index contributed by atoms with van der Waals surface area (Å²) in [4.78, 5) is 29.1. The minimum absolute atomic E-state index is 0.157. The molecule has 2 aromatic carbocycles. The largest absolute Gasteiger partial charge is 0.347 e. The van der Waals surface area contributed by atoms with Gasteiger partial charge in [0.25, 0.3) is 0 Å². The summed E-state index contributed by atoms with van der Waals surface area (Å²) < 4.78 is 39.7. The number of carbonyl (C=O) groups excluding carboxylic acids is 2. The molecule has 2 amide bonds. The summed E-state index contributed by atoms with van der Waals surface area (Å²) in [5.74, 6) is -3.97. The smallest absolute Gasteiger partial charge is 0.313 e. The molecular weight excluding hydrogens is 403 g/mol. The predicted molar refractivity (Wildman–Crippen MR) is 104 cm³/mol. The lowest BCUT2D eigenvalue weighted by atomic mass is 10.2. The van der Waals surface area contributed by atoms with Crippen molar-refractivity contribution in [2.45, 2.75) is 13.3 Å². The molecule has 0 aliphatic heterocycles. The average Bonchev–Trinajstić information content (AvgIpc) is 3.05. The summed E-state index contributed by atoms with van der Waals surface area (Å²) in [5.41, 5.74) is 1.15. The van der Waals surface area contributed by atoms with Crippen LogP contribution in [0.1, 0.15) is 10.6 Å². The highest BCUT2D eigenvalue weighted by atomic mass is 32.1. The first-order valence-electron chi connectivity index (χ1n) is 8.60. The maximum absolute atomic E-state index is 13.5. The van der Waals surface area contributed by atoms with Crippen molar-refractivity contribution in [1.29, 1.82) is 0 Å². The Bertz CT molecular complexity index is 1050. The van der Waals surface area contributed by atoms with Crippen LogP contribution in [0.4, 0.5) is 18.9 Å². The Morgan fingerprint density at radius 2 is 1.69 bits per heavy atom. The number of hydrogen-bond donors (Lipinski definition) is 2. The third-order valence-electron chi connectivity index (χ3n) is 4.00. The second-order valence-corrected chi connectivity index (χ2v) is 7.20. The SMILES string of the molecule is Cc1nc(-c2ccc(F)cc2)sc1CCNC(=O)C(=O)Nc1cc(F)ccc1F. The van der Waals surface area contributed by atoms with Crippen LogP contribution in [0.15, 0.2) is 42.5 Å². The van der Waals surface area contributed by atoms with E-state index in [1.807, 2.05) is 12.2 Å². The van der Waals surface area contributed by atoms with Gasteiger partial charge >= 0.3 is 11.8 Å². The molecule has 0 radical (unpaired) electrons. The third-order valence-corrected chi connectivity index (χ3v) is 5.27. The third kappa shape index (κ3) is 5.20. The van der Waals surface area contributed by atoms with Gasteiger partial charge in [0.15, 0.2) is 0 Å². The molecule has 1 aromatic heterocycles. The molecule has 1 heterocycles. The minimum Gasteiger partial charge on any atom is -0.347 e. The summed E-state index contributed by atoms with van der Waals surface area (Å²) in [5, 5.41) is 5.19. The Kier molecular flexibility index (Phi) is 6.28. The number of thiazole rings is 1. The summed E-state index contributed by atoms with van der Waals surface area (Å²) in [6, 6.07) is 8.52. The van der Waals surface area contributed by atoms with Gasteiger partial charge in [0, 0.05) is 29.5 Å². The maximum atomic E-state index is 13.5. The van der Waals surface area contributed by atoms with Gasteiger partial charge in [-0.1, -0.05) is 0 Å². The van der Waals surface area contributed by atoms with E-state index in [-0.39, 0.29) is 12.4 Å². The number of hydrogen-bond acceptors (Lipinski definition) is 4. The minimum atomic E-state index is -1.09. The van der Waals surface area contributed by atoms with Gasteiger partial charge in [-0.2, -0.15) is 0 Å².